The molecule has 0 unspecified atom stereocenters. The molecule has 188 valence electrons. The Bertz CT molecular complexity index is 831. The van der Waals surface area contributed by atoms with E-state index < -0.39 is 0 Å². The summed E-state index contributed by atoms with van der Waals surface area (Å²) in [6, 6.07) is 15.7. The Labute approximate surface area is 232 Å². The predicted molar refractivity (Wildman–Crippen MR) is 146 cm³/mol. The first-order chi connectivity index (χ1) is 16.0. The predicted octanol–water partition coefficient (Wildman–Crippen LogP) is 5.94. The second kappa shape index (κ2) is 23.4. The maximum Gasteiger partial charge on any atom is 4.00 e. The zero-order valence-corrected chi connectivity index (χ0v) is 25.3. The molecule has 0 spiro atoms. The van der Waals surface area contributed by atoms with Crippen molar-refractivity contribution in [2.24, 2.45) is 9.98 Å². The van der Waals surface area contributed by atoms with Gasteiger partial charge in [0.1, 0.15) is 0 Å². The van der Waals surface area contributed by atoms with Gasteiger partial charge in [0.15, 0.2) is 0 Å². The molecular weight excluding hydrogens is 516 g/mol. The number of nitrogens with zero attached hydrogens (tertiary/aromatic N) is 4. The van der Waals surface area contributed by atoms with Crippen LogP contribution in [0.1, 0.15) is 38.8 Å². The third-order valence-corrected chi connectivity index (χ3v) is 3.50. The van der Waals surface area contributed by atoms with Crippen LogP contribution < -0.4 is 10.2 Å². The molecule has 0 amide bonds. The molecule has 35 heavy (non-hydrogen) atoms. The molecule has 0 aliphatic rings. The van der Waals surface area contributed by atoms with Crippen LogP contribution in [0, 0.1) is 13.8 Å². The minimum absolute atomic E-state index is 0. The maximum absolute atomic E-state index is 10.8. The molecule has 0 saturated carbocycles. The molecule has 0 bridgehead atoms. The molecule has 0 saturated heterocycles. The zero-order chi connectivity index (χ0) is 26.5. The van der Waals surface area contributed by atoms with Crippen LogP contribution in [-0.4, -0.2) is 39.6 Å². The van der Waals surface area contributed by atoms with Crippen LogP contribution in [-0.2, 0) is 26.2 Å². The average Bonchev–Trinajstić information content (AvgIpc) is 2.72. The Morgan fingerprint density at radius 1 is 0.600 bits per heavy atom. The molecule has 0 fully saturated rings. The van der Waals surface area contributed by atoms with E-state index in [0.717, 1.165) is 22.8 Å². The molecule has 0 aliphatic carbocycles. The van der Waals surface area contributed by atoms with E-state index in [2.05, 4.69) is 20.6 Å². The van der Waals surface area contributed by atoms with Gasteiger partial charge < -0.3 is 20.8 Å². The Hall–Kier alpha value is -2.34. The smallest absolute Gasteiger partial charge is 0.876 e. The topological polar surface area (TPSA) is 99.0 Å². The zero-order valence-electron chi connectivity index (χ0n) is 22.9. The van der Waals surface area contributed by atoms with Gasteiger partial charge in [0.2, 0.25) is 0 Å². The van der Waals surface area contributed by atoms with Gasteiger partial charge in [-0.05, 0) is 52.0 Å². The normalized spacial score (nSPS) is 11.5. The van der Waals surface area contributed by atoms with Gasteiger partial charge in [-0.2, -0.15) is 28.2 Å². The fourth-order valence-electron chi connectivity index (χ4n) is 2.30. The van der Waals surface area contributed by atoms with E-state index in [1.165, 1.54) is 37.1 Å². The van der Waals surface area contributed by atoms with Crippen molar-refractivity contribution in [2.45, 2.75) is 41.5 Å². The van der Waals surface area contributed by atoms with E-state index in [0.29, 0.717) is 0 Å². The molecule has 2 rings (SSSR count). The van der Waals surface area contributed by atoms with Crippen LogP contribution in [0.15, 0.2) is 82.2 Å². The quantitative estimate of drug-likeness (QED) is 0.344. The monoisotopic (exact) mass is 554 g/mol. The van der Waals surface area contributed by atoms with Crippen molar-refractivity contribution < 1.29 is 36.4 Å². The van der Waals surface area contributed by atoms with Crippen LogP contribution in [0.2, 0.25) is 0 Å². The Balaban J connectivity index is -0.000000467. The van der Waals surface area contributed by atoms with E-state index in [1.54, 1.807) is 28.2 Å². The van der Waals surface area contributed by atoms with Gasteiger partial charge in [0.25, 0.3) is 0 Å². The number of benzene rings is 2. The Morgan fingerprint density at radius 2 is 0.829 bits per heavy atom. The Kier molecular flexibility index (Phi) is 24.9. The number of aryl methyl sites for hydroxylation is 2. The van der Waals surface area contributed by atoms with Crippen molar-refractivity contribution in [3.05, 3.63) is 94.0 Å². The van der Waals surface area contributed by atoms with E-state index >= 15 is 0 Å². The van der Waals surface area contributed by atoms with Gasteiger partial charge >= 0.3 is 26.2 Å². The average molecular weight is 556 g/mol. The van der Waals surface area contributed by atoms with E-state index in [1.807, 2.05) is 76.2 Å². The second-order valence-electron chi connectivity index (χ2n) is 7.58. The van der Waals surface area contributed by atoms with Crippen molar-refractivity contribution in [1.82, 2.24) is 0 Å². The van der Waals surface area contributed by atoms with Crippen molar-refractivity contribution in [3.63, 3.8) is 0 Å². The summed E-state index contributed by atoms with van der Waals surface area (Å²) in [6.07, 6.45) is 3.06. The second-order valence-corrected chi connectivity index (χ2v) is 7.58. The fraction of sp³-hybridized carbons (Fsp3) is 0.357. The van der Waals surface area contributed by atoms with Crippen molar-refractivity contribution >= 4 is 22.8 Å². The standard InChI is InChI=1S/2C12H15NO.2C2H6N.Zr/c2*1-9-4-6-12(7-5-9)13-10(2)8-11(3)14;2*1-3-2;/h2*4-8,14H,1-3H3;2*1-2H3;/q;;2*-1;+4/p-2/b2*11-8-,13-10?;;;. The van der Waals surface area contributed by atoms with Crippen molar-refractivity contribution in [1.29, 1.82) is 0 Å². The van der Waals surface area contributed by atoms with Crippen LogP contribution in [0.4, 0.5) is 11.4 Å². The minimum atomic E-state index is 0. The SMILES string of the molecule is CC(/C=C(/C)[O-])=Nc1ccc(C)cc1.CC(/C=C(/C)[O-])=Nc1ccc(C)cc1.C[N-]C.C[N-]C.[Zr+4]. The molecule has 0 atom stereocenters. The molecular formula is C28H40N4O2Zr. The molecule has 2 aromatic carbocycles. The number of aliphatic imine (C=N–C) groups is 2. The number of hydrogen-bond donors (Lipinski definition) is 0. The van der Waals surface area contributed by atoms with E-state index in [4.69, 9.17) is 0 Å². The minimum Gasteiger partial charge on any atom is -0.876 e. The van der Waals surface area contributed by atoms with Gasteiger partial charge in [0.05, 0.1) is 11.4 Å². The van der Waals surface area contributed by atoms with Crippen LogP contribution in [0.3, 0.4) is 0 Å². The van der Waals surface area contributed by atoms with Crippen LogP contribution in [0.5, 0.6) is 0 Å². The van der Waals surface area contributed by atoms with E-state index in [9.17, 15) is 10.2 Å². The summed E-state index contributed by atoms with van der Waals surface area (Å²) in [5.74, 6) is 0.0525. The van der Waals surface area contributed by atoms with Gasteiger partial charge in [-0.25, -0.2) is 0 Å². The molecule has 7 heteroatoms. The molecule has 0 N–H and O–H groups in total. The summed E-state index contributed by atoms with van der Waals surface area (Å²) in [5, 5.41) is 28.5. The first-order valence-electron chi connectivity index (χ1n) is 10.9. The summed E-state index contributed by atoms with van der Waals surface area (Å²) in [6.45, 7) is 10.7. The van der Waals surface area contributed by atoms with Crippen LogP contribution in [0.25, 0.3) is 10.6 Å². The van der Waals surface area contributed by atoms with Gasteiger partial charge in [-0.15, -0.1) is 11.5 Å². The summed E-state index contributed by atoms with van der Waals surface area (Å²) in [7, 11) is 7.00. The third-order valence-electron chi connectivity index (χ3n) is 3.50. The van der Waals surface area contributed by atoms with Crippen molar-refractivity contribution in [2.75, 3.05) is 28.2 Å². The third kappa shape index (κ3) is 24.6. The van der Waals surface area contributed by atoms with Crippen molar-refractivity contribution in [3.8, 4) is 0 Å². The van der Waals surface area contributed by atoms with Gasteiger partial charge in [-0.3, -0.25) is 9.98 Å². The molecule has 0 radical (unpaired) electrons. The summed E-state index contributed by atoms with van der Waals surface area (Å²) < 4.78 is 0. The molecule has 0 heterocycles. The number of hydrogen-bond acceptors (Lipinski definition) is 4. The molecule has 2 aromatic rings. The maximum atomic E-state index is 10.8. The number of rotatable bonds is 4. The van der Waals surface area contributed by atoms with Gasteiger partial charge in [-0.1, -0.05) is 61.4 Å². The molecule has 0 aromatic heterocycles. The van der Waals surface area contributed by atoms with Gasteiger partial charge in [0, 0.05) is 11.4 Å². The molecule has 0 aliphatic heterocycles. The summed E-state index contributed by atoms with van der Waals surface area (Å²) in [5.41, 5.74) is 5.65. The molecule has 6 nitrogen and oxygen atoms in total. The Morgan fingerprint density at radius 3 is 1.03 bits per heavy atom. The summed E-state index contributed by atoms with van der Waals surface area (Å²) >= 11 is 0. The first kappa shape index (κ1) is 37.2. The first-order valence-corrected chi connectivity index (χ1v) is 10.9. The van der Waals surface area contributed by atoms with E-state index in [-0.39, 0.29) is 37.7 Å². The summed E-state index contributed by atoms with van der Waals surface area (Å²) in [4.78, 5) is 8.56. The number of allylic oxidation sites excluding steroid dienone is 4. The van der Waals surface area contributed by atoms with Crippen LogP contribution >= 0.6 is 0 Å². The largest absolute Gasteiger partial charge is 4.00 e. The fourth-order valence-corrected chi connectivity index (χ4v) is 2.30.